The average molecular weight is 294 g/mol. The first-order valence-electron chi connectivity index (χ1n) is 6.56. The number of aryl methyl sites for hydroxylation is 2. The highest BCUT2D eigenvalue weighted by Gasteiger charge is 2.23. The van der Waals surface area contributed by atoms with Gasteiger partial charge in [-0.25, -0.2) is 0 Å². The third-order valence-electron chi connectivity index (χ3n) is 3.48. The third-order valence-corrected chi connectivity index (χ3v) is 3.95. The highest BCUT2D eigenvalue weighted by atomic mass is 35.5. The Morgan fingerprint density at radius 2 is 2.00 bits per heavy atom. The lowest BCUT2D eigenvalue weighted by atomic mass is 9.97. The lowest BCUT2D eigenvalue weighted by molar-refractivity contribution is 0.0802. The van der Waals surface area contributed by atoms with Crippen LogP contribution in [0.1, 0.15) is 22.9 Å². The molecule has 0 spiro atoms. The second-order valence-corrected chi connectivity index (χ2v) is 5.27. The van der Waals surface area contributed by atoms with E-state index in [1.54, 1.807) is 11.8 Å². The summed E-state index contributed by atoms with van der Waals surface area (Å²) in [6.07, 6.45) is 0.471. The molecule has 0 amide bonds. The molecule has 0 radical (unpaired) electrons. The zero-order valence-corrected chi connectivity index (χ0v) is 12.8. The molecule has 2 aromatic rings. The molecule has 1 heterocycles. The van der Waals surface area contributed by atoms with Crippen molar-refractivity contribution in [2.24, 2.45) is 12.8 Å². The van der Waals surface area contributed by atoms with Gasteiger partial charge in [-0.3, -0.25) is 4.68 Å². The molecule has 2 rings (SSSR count). The molecule has 0 aliphatic rings. The van der Waals surface area contributed by atoms with Gasteiger partial charge in [0.1, 0.15) is 5.15 Å². The maximum Gasteiger partial charge on any atom is 0.130 e. The van der Waals surface area contributed by atoms with Gasteiger partial charge >= 0.3 is 0 Å². The molecule has 4 nitrogen and oxygen atoms in total. The lowest BCUT2D eigenvalue weighted by Gasteiger charge is -2.23. The Morgan fingerprint density at radius 1 is 1.35 bits per heavy atom. The van der Waals surface area contributed by atoms with E-state index in [9.17, 15) is 0 Å². The maximum atomic E-state index is 6.32. The number of benzene rings is 1. The molecule has 0 aliphatic heterocycles. The van der Waals surface area contributed by atoms with Gasteiger partial charge in [-0.05, 0) is 18.9 Å². The van der Waals surface area contributed by atoms with Crippen LogP contribution in [0.4, 0.5) is 0 Å². The van der Waals surface area contributed by atoms with Gasteiger partial charge in [-0.1, -0.05) is 41.9 Å². The molecule has 2 N–H and O–H groups in total. The zero-order valence-electron chi connectivity index (χ0n) is 12.0. The van der Waals surface area contributed by atoms with Crippen molar-refractivity contribution in [3.05, 3.63) is 52.3 Å². The van der Waals surface area contributed by atoms with Gasteiger partial charge in [-0.2, -0.15) is 5.10 Å². The van der Waals surface area contributed by atoms with Gasteiger partial charge in [0.2, 0.25) is 0 Å². The number of methoxy groups -OCH3 is 1. The molecular formula is C15H20ClN3O. The number of ether oxygens (including phenoxy) is 1. The highest BCUT2D eigenvalue weighted by Crippen LogP contribution is 2.26. The molecule has 1 aromatic carbocycles. The minimum absolute atomic E-state index is 0.160. The summed E-state index contributed by atoms with van der Waals surface area (Å²) in [5.74, 6) is 0. The first kappa shape index (κ1) is 15.0. The van der Waals surface area contributed by atoms with Crippen LogP contribution in [-0.4, -0.2) is 22.9 Å². The molecule has 0 saturated heterocycles. The fourth-order valence-corrected chi connectivity index (χ4v) is 2.70. The Balaban J connectivity index is 2.20. The molecule has 2 atom stereocenters. The number of hydrogen-bond donors (Lipinski definition) is 1. The number of halogens is 1. The Kier molecular flexibility index (Phi) is 4.81. The van der Waals surface area contributed by atoms with Crippen molar-refractivity contribution in [3.8, 4) is 0 Å². The van der Waals surface area contributed by atoms with Crippen molar-refractivity contribution in [1.82, 2.24) is 9.78 Å². The average Bonchev–Trinajstić information content (AvgIpc) is 2.67. The largest absolute Gasteiger partial charge is 0.375 e. The van der Waals surface area contributed by atoms with Crippen LogP contribution in [0.25, 0.3) is 0 Å². The number of nitrogens with zero attached hydrogens (tertiary/aromatic N) is 2. The van der Waals surface area contributed by atoms with Gasteiger partial charge in [-0.15, -0.1) is 0 Å². The van der Waals surface area contributed by atoms with E-state index < -0.39 is 0 Å². The molecule has 108 valence electrons. The van der Waals surface area contributed by atoms with E-state index in [-0.39, 0.29) is 12.1 Å². The smallest absolute Gasteiger partial charge is 0.130 e. The summed E-state index contributed by atoms with van der Waals surface area (Å²) < 4.78 is 7.23. The Bertz CT molecular complexity index is 568. The molecule has 20 heavy (non-hydrogen) atoms. The number of hydrogen-bond acceptors (Lipinski definition) is 3. The third kappa shape index (κ3) is 3.03. The maximum absolute atomic E-state index is 6.32. The minimum atomic E-state index is -0.178. The standard InChI is InChI=1S/C15H20ClN3O/c1-10-12(15(16)19(2)18-10)9-13(17)14(20-3)11-7-5-4-6-8-11/h4-8,13-14H,9,17H2,1-3H3. The van der Waals surface area contributed by atoms with E-state index >= 15 is 0 Å². The van der Waals surface area contributed by atoms with Crippen molar-refractivity contribution in [3.63, 3.8) is 0 Å². The summed E-state index contributed by atoms with van der Waals surface area (Å²) in [4.78, 5) is 0. The van der Waals surface area contributed by atoms with Crippen molar-refractivity contribution in [1.29, 1.82) is 0 Å². The number of aromatic nitrogens is 2. The molecule has 0 saturated carbocycles. The Labute approximate surface area is 124 Å². The lowest BCUT2D eigenvalue weighted by Crippen LogP contribution is -2.32. The zero-order chi connectivity index (χ0) is 14.7. The van der Waals surface area contributed by atoms with Gasteiger partial charge in [0.25, 0.3) is 0 Å². The molecule has 0 bridgehead atoms. The van der Waals surface area contributed by atoms with Crippen LogP contribution >= 0.6 is 11.6 Å². The van der Waals surface area contributed by atoms with E-state index in [4.69, 9.17) is 22.1 Å². The SMILES string of the molecule is COC(c1ccccc1)C(N)Cc1c(C)nn(C)c1Cl. The van der Waals surface area contributed by atoms with Crippen molar-refractivity contribution in [2.75, 3.05) is 7.11 Å². The summed E-state index contributed by atoms with van der Waals surface area (Å²) in [7, 11) is 3.50. The first-order valence-corrected chi connectivity index (χ1v) is 6.93. The van der Waals surface area contributed by atoms with Gasteiger partial charge in [0, 0.05) is 25.8 Å². The fraction of sp³-hybridized carbons (Fsp3) is 0.400. The second-order valence-electron chi connectivity index (χ2n) is 4.91. The van der Waals surface area contributed by atoms with Crippen LogP contribution < -0.4 is 5.73 Å². The van der Waals surface area contributed by atoms with E-state index in [1.165, 1.54) is 0 Å². The van der Waals surface area contributed by atoms with Crippen molar-refractivity contribution < 1.29 is 4.74 Å². The van der Waals surface area contributed by atoms with E-state index in [0.717, 1.165) is 16.8 Å². The van der Waals surface area contributed by atoms with Gasteiger partial charge < -0.3 is 10.5 Å². The normalized spacial score (nSPS) is 14.2. The molecular weight excluding hydrogens is 274 g/mol. The summed E-state index contributed by atoms with van der Waals surface area (Å²) in [5.41, 5.74) is 9.29. The number of rotatable bonds is 5. The summed E-state index contributed by atoms with van der Waals surface area (Å²) in [6, 6.07) is 9.80. The molecule has 1 aromatic heterocycles. The monoisotopic (exact) mass is 293 g/mol. The quantitative estimate of drug-likeness (QED) is 0.922. The molecule has 5 heteroatoms. The van der Waals surface area contributed by atoms with Crippen LogP contribution in [0, 0.1) is 6.92 Å². The van der Waals surface area contributed by atoms with Crippen LogP contribution in [0.3, 0.4) is 0 Å². The van der Waals surface area contributed by atoms with Gasteiger partial charge in [0.15, 0.2) is 0 Å². The van der Waals surface area contributed by atoms with E-state index in [1.807, 2.05) is 44.3 Å². The summed E-state index contributed by atoms with van der Waals surface area (Å²) in [6.45, 7) is 1.94. The first-order chi connectivity index (χ1) is 9.54. The fourth-order valence-electron chi connectivity index (χ4n) is 2.45. The summed E-state index contributed by atoms with van der Waals surface area (Å²) >= 11 is 6.26. The van der Waals surface area contributed by atoms with Crippen LogP contribution in [0.15, 0.2) is 30.3 Å². The topological polar surface area (TPSA) is 53.1 Å². The second kappa shape index (κ2) is 6.39. The molecule has 0 fully saturated rings. The predicted molar refractivity (Wildman–Crippen MR) is 80.8 cm³/mol. The Morgan fingerprint density at radius 3 is 2.50 bits per heavy atom. The van der Waals surface area contributed by atoms with Crippen molar-refractivity contribution >= 4 is 11.6 Å². The van der Waals surface area contributed by atoms with Gasteiger partial charge in [0.05, 0.1) is 11.8 Å². The highest BCUT2D eigenvalue weighted by molar-refractivity contribution is 6.30. The van der Waals surface area contributed by atoms with Crippen LogP contribution in [0.2, 0.25) is 5.15 Å². The molecule has 0 aliphatic carbocycles. The summed E-state index contributed by atoms with van der Waals surface area (Å²) in [5, 5.41) is 4.95. The number of nitrogens with two attached hydrogens (primary N) is 1. The minimum Gasteiger partial charge on any atom is -0.375 e. The Hall–Kier alpha value is -1.36. The van der Waals surface area contributed by atoms with Crippen LogP contribution in [-0.2, 0) is 18.2 Å². The van der Waals surface area contributed by atoms with E-state index in [0.29, 0.717) is 11.6 Å². The molecule has 2 unspecified atom stereocenters. The predicted octanol–water partition coefficient (Wildman–Crippen LogP) is 2.64. The van der Waals surface area contributed by atoms with E-state index in [2.05, 4.69) is 5.10 Å². The van der Waals surface area contributed by atoms with Crippen LogP contribution in [0.5, 0.6) is 0 Å². The van der Waals surface area contributed by atoms with Crippen molar-refractivity contribution in [2.45, 2.75) is 25.5 Å².